The maximum atomic E-state index is 10.2. The van der Waals surface area contributed by atoms with E-state index in [1.807, 2.05) is 0 Å². The van der Waals surface area contributed by atoms with Crippen LogP contribution in [0.4, 0.5) is 11.8 Å². The molecular weight excluding hydrogens is 340 g/mol. The van der Waals surface area contributed by atoms with E-state index in [2.05, 4.69) is 14.8 Å². The van der Waals surface area contributed by atoms with Gasteiger partial charge in [-0.25, -0.2) is 4.98 Å². The molecule has 0 bridgehead atoms. The summed E-state index contributed by atoms with van der Waals surface area (Å²) in [6.45, 7) is 3.50. The highest BCUT2D eigenvalue weighted by Crippen LogP contribution is 2.42. The molecule has 6 unspecified atom stereocenters. The third-order valence-corrected chi connectivity index (χ3v) is 7.20. The van der Waals surface area contributed by atoms with Gasteiger partial charge < -0.3 is 20.0 Å². The Kier molecular flexibility index (Phi) is 3.84. The van der Waals surface area contributed by atoms with Crippen LogP contribution in [0.2, 0.25) is 5.02 Å². The minimum absolute atomic E-state index is 0.179. The van der Waals surface area contributed by atoms with Gasteiger partial charge in [-0.15, -0.1) is 0 Å². The normalized spacial score (nSPS) is 40.0. The smallest absolute Gasteiger partial charge is 0.227 e. The van der Waals surface area contributed by atoms with Crippen LogP contribution in [0.5, 0.6) is 0 Å². The molecule has 0 spiro atoms. The molecule has 2 aliphatic heterocycles. The molecule has 7 heteroatoms. The van der Waals surface area contributed by atoms with Gasteiger partial charge in [0.2, 0.25) is 5.95 Å². The number of aliphatic hydroxyl groups excluding tert-OH is 2. The Morgan fingerprint density at radius 3 is 2.12 bits per heavy atom. The van der Waals surface area contributed by atoms with Crippen LogP contribution in [0.1, 0.15) is 25.7 Å². The Balaban J connectivity index is 1.37. The first-order chi connectivity index (χ1) is 12.1. The molecule has 2 saturated carbocycles. The summed E-state index contributed by atoms with van der Waals surface area (Å²) >= 11 is 6.41. The fourth-order valence-electron chi connectivity index (χ4n) is 5.53. The average Bonchev–Trinajstić information content (AvgIpc) is 3.33. The van der Waals surface area contributed by atoms with Gasteiger partial charge in [-0.3, -0.25) is 0 Å². The third kappa shape index (κ3) is 2.61. The first-order valence-electron chi connectivity index (χ1n) is 9.48. The van der Waals surface area contributed by atoms with E-state index < -0.39 is 0 Å². The number of halogens is 1. The maximum absolute atomic E-state index is 10.2. The number of rotatable bonds is 2. The molecule has 4 fully saturated rings. The van der Waals surface area contributed by atoms with E-state index in [0.717, 1.165) is 63.6 Å². The lowest BCUT2D eigenvalue weighted by molar-refractivity contribution is 0.133. The number of anilines is 2. The van der Waals surface area contributed by atoms with Crippen LogP contribution in [0.25, 0.3) is 0 Å². The summed E-state index contributed by atoms with van der Waals surface area (Å²) in [4.78, 5) is 13.7. The van der Waals surface area contributed by atoms with Crippen LogP contribution in [0.3, 0.4) is 0 Å². The first kappa shape index (κ1) is 16.1. The fourth-order valence-corrected chi connectivity index (χ4v) is 5.74. The van der Waals surface area contributed by atoms with Gasteiger partial charge >= 0.3 is 0 Å². The Morgan fingerprint density at radius 1 is 0.880 bits per heavy atom. The van der Waals surface area contributed by atoms with Crippen LogP contribution in [0, 0.1) is 23.7 Å². The second-order valence-corrected chi connectivity index (χ2v) is 8.70. The summed E-state index contributed by atoms with van der Waals surface area (Å²) in [6.07, 6.45) is 5.37. The van der Waals surface area contributed by atoms with Crippen LogP contribution >= 0.6 is 11.6 Å². The van der Waals surface area contributed by atoms with Crippen molar-refractivity contribution >= 4 is 23.4 Å². The average molecular weight is 365 g/mol. The Morgan fingerprint density at radius 2 is 1.48 bits per heavy atom. The molecule has 2 saturated heterocycles. The largest absolute Gasteiger partial charge is 0.393 e. The molecule has 0 aromatic carbocycles. The van der Waals surface area contributed by atoms with Crippen molar-refractivity contribution in [3.05, 3.63) is 11.2 Å². The number of nitrogens with zero attached hydrogens (tertiary/aromatic N) is 4. The van der Waals surface area contributed by atoms with Gasteiger partial charge in [0.1, 0.15) is 5.02 Å². The molecule has 1 aromatic rings. The van der Waals surface area contributed by atoms with Crippen LogP contribution in [-0.4, -0.2) is 58.6 Å². The van der Waals surface area contributed by atoms with E-state index in [-0.39, 0.29) is 12.2 Å². The summed E-state index contributed by atoms with van der Waals surface area (Å²) in [6, 6.07) is 0. The molecule has 136 valence electrons. The van der Waals surface area contributed by atoms with Crippen molar-refractivity contribution in [1.29, 1.82) is 0 Å². The van der Waals surface area contributed by atoms with Crippen LogP contribution in [0.15, 0.2) is 6.20 Å². The fraction of sp³-hybridized carbons (Fsp3) is 0.778. The highest BCUT2D eigenvalue weighted by atomic mass is 35.5. The van der Waals surface area contributed by atoms with Crippen molar-refractivity contribution in [2.75, 3.05) is 36.0 Å². The standard InChI is InChI=1S/C18H25ClN4O2/c19-14-5-20-18(23-7-11-2-4-16(25)13(11)9-23)21-17(14)22-6-10-1-3-15(24)12(10)8-22/h5,10-13,15-16,24-25H,1-4,6-9H2. The summed E-state index contributed by atoms with van der Waals surface area (Å²) in [5.74, 6) is 3.31. The van der Waals surface area contributed by atoms with Gasteiger partial charge in [-0.2, -0.15) is 4.98 Å². The Hall–Kier alpha value is -1.11. The lowest BCUT2D eigenvalue weighted by atomic mass is 10.00. The number of aromatic nitrogens is 2. The van der Waals surface area contributed by atoms with Crippen molar-refractivity contribution in [3.8, 4) is 0 Å². The Labute approximate surface area is 152 Å². The van der Waals surface area contributed by atoms with E-state index >= 15 is 0 Å². The Bertz CT molecular complexity index is 674. The molecular formula is C18H25ClN4O2. The molecule has 2 aliphatic carbocycles. The van der Waals surface area contributed by atoms with E-state index in [1.54, 1.807) is 6.20 Å². The van der Waals surface area contributed by atoms with Gasteiger partial charge in [0, 0.05) is 38.0 Å². The zero-order valence-corrected chi connectivity index (χ0v) is 15.0. The zero-order chi connectivity index (χ0) is 17.1. The van der Waals surface area contributed by atoms with E-state index in [9.17, 15) is 10.2 Å². The highest BCUT2D eigenvalue weighted by molar-refractivity contribution is 6.32. The summed E-state index contributed by atoms with van der Waals surface area (Å²) in [5, 5.41) is 20.9. The summed E-state index contributed by atoms with van der Waals surface area (Å²) in [7, 11) is 0. The van der Waals surface area contributed by atoms with Crippen molar-refractivity contribution in [1.82, 2.24) is 9.97 Å². The van der Waals surface area contributed by atoms with Gasteiger partial charge in [-0.05, 0) is 37.5 Å². The molecule has 2 N–H and O–H groups in total. The predicted octanol–water partition coefficient (Wildman–Crippen LogP) is 1.54. The van der Waals surface area contributed by atoms with Crippen LogP contribution in [-0.2, 0) is 0 Å². The van der Waals surface area contributed by atoms with Crippen molar-refractivity contribution in [2.45, 2.75) is 37.9 Å². The molecule has 6 atom stereocenters. The molecule has 5 rings (SSSR count). The number of fused-ring (bicyclic) bond motifs is 2. The molecule has 0 radical (unpaired) electrons. The molecule has 25 heavy (non-hydrogen) atoms. The van der Waals surface area contributed by atoms with Gasteiger partial charge in [0.15, 0.2) is 5.82 Å². The van der Waals surface area contributed by atoms with Crippen molar-refractivity contribution in [3.63, 3.8) is 0 Å². The van der Waals surface area contributed by atoms with Crippen molar-refractivity contribution in [2.24, 2.45) is 23.7 Å². The SMILES string of the molecule is OC1CCC2CN(c3ncc(Cl)c(N4CC5CCC(O)C5C4)n3)CC12. The topological polar surface area (TPSA) is 72.7 Å². The van der Waals surface area contributed by atoms with E-state index in [0.29, 0.717) is 28.7 Å². The minimum Gasteiger partial charge on any atom is -0.393 e. The quantitative estimate of drug-likeness (QED) is 0.829. The van der Waals surface area contributed by atoms with E-state index in [1.165, 1.54) is 0 Å². The van der Waals surface area contributed by atoms with E-state index in [4.69, 9.17) is 16.6 Å². The monoisotopic (exact) mass is 364 g/mol. The van der Waals surface area contributed by atoms with Gasteiger partial charge in [0.05, 0.1) is 18.4 Å². The number of hydrogen-bond acceptors (Lipinski definition) is 6. The molecule has 1 aromatic heterocycles. The number of aliphatic hydroxyl groups is 2. The second kappa shape index (κ2) is 5.96. The maximum Gasteiger partial charge on any atom is 0.227 e. The third-order valence-electron chi connectivity index (χ3n) is 6.93. The minimum atomic E-state index is -0.186. The predicted molar refractivity (Wildman–Crippen MR) is 95.9 cm³/mol. The highest BCUT2D eigenvalue weighted by Gasteiger charge is 2.44. The first-order valence-corrected chi connectivity index (χ1v) is 9.86. The second-order valence-electron chi connectivity index (χ2n) is 8.29. The lowest BCUT2D eigenvalue weighted by Gasteiger charge is -2.23. The summed E-state index contributed by atoms with van der Waals surface area (Å²) in [5.41, 5.74) is 0. The number of hydrogen-bond donors (Lipinski definition) is 2. The van der Waals surface area contributed by atoms with Gasteiger partial charge in [-0.1, -0.05) is 11.6 Å². The van der Waals surface area contributed by atoms with Crippen molar-refractivity contribution < 1.29 is 10.2 Å². The molecule has 4 aliphatic rings. The zero-order valence-electron chi connectivity index (χ0n) is 14.3. The van der Waals surface area contributed by atoms with Gasteiger partial charge in [0.25, 0.3) is 0 Å². The molecule has 3 heterocycles. The molecule has 0 amide bonds. The lowest BCUT2D eigenvalue weighted by Crippen LogP contribution is -2.28. The molecule has 6 nitrogen and oxygen atoms in total. The van der Waals surface area contributed by atoms with Crippen LogP contribution < -0.4 is 9.80 Å². The summed E-state index contributed by atoms with van der Waals surface area (Å²) < 4.78 is 0.